The summed E-state index contributed by atoms with van der Waals surface area (Å²) in [6, 6.07) is 11.8. The third-order valence-corrected chi connectivity index (χ3v) is 3.39. The molecule has 0 heterocycles. The lowest BCUT2D eigenvalue weighted by Crippen LogP contribution is -2.41. The van der Waals surface area contributed by atoms with Crippen LogP contribution in [-0.4, -0.2) is 31.6 Å². The number of benzene rings is 1. The molecule has 2 unspecified atom stereocenters. The molecule has 2 atom stereocenters. The average molecular weight is 262 g/mol. The lowest BCUT2D eigenvalue weighted by molar-refractivity contribution is 0.284. The zero-order valence-corrected chi connectivity index (χ0v) is 13.2. The number of hydrogen-bond acceptors (Lipinski definition) is 2. The summed E-state index contributed by atoms with van der Waals surface area (Å²) in [5, 5.41) is 3.84. The molecule has 2 heteroatoms. The van der Waals surface area contributed by atoms with E-state index >= 15 is 0 Å². The van der Waals surface area contributed by atoms with Gasteiger partial charge in [0, 0.05) is 18.6 Å². The van der Waals surface area contributed by atoms with Gasteiger partial charge in [-0.2, -0.15) is 0 Å². The Bertz CT molecular complexity index is 322. The van der Waals surface area contributed by atoms with Crippen molar-refractivity contribution in [3.05, 3.63) is 35.9 Å². The number of likely N-dealkylation sites (N-methyl/N-ethyl adjacent to an activating group) is 1. The summed E-state index contributed by atoms with van der Waals surface area (Å²) in [6.45, 7) is 7.95. The van der Waals surface area contributed by atoms with Gasteiger partial charge in [-0.1, -0.05) is 51.1 Å². The quantitative estimate of drug-likeness (QED) is 0.768. The average Bonchev–Trinajstić information content (AvgIpc) is 2.35. The molecule has 0 bridgehead atoms. The minimum absolute atomic E-state index is 0.463. The number of nitrogens with one attached hydrogen (secondary N) is 1. The van der Waals surface area contributed by atoms with Crippen LogP contribution < -0.4 is 5.32 Å². The predicted octanol–water partition coefficient (Wildman–Crippen LogP) is 3.70. The Labute approximate surface area is 119 Å². The Morgan fingerprint density at radius 1 is 1.11 bits per heavy atom. The summed E-state index contributed by atoms with van der Waals surface area (Å²) in [4.78, 5) is 2.28. The maximum absolute atomic E-state index is 3.84. The van der Waals surface area contributed by atoms with Crippen molar-refractivity contribution in [3.63, 3.8) is 0 Å². The van der Waals surface area contributed by atoms with Gasteiger partial charge in [-0.3, -0.25) is 0 Å². The van der Waals surface area contributed by atoms with Crippen LogP contribution in [0.25, 0.3) is 0 Å². The van der Waals surface area contributed by atoms with E-state index in [9.17, 15) is 0 Å². The van der Waals surface area contributed by atoms with Crippen molar-refractivity contribution in [1.82, 2.24) is 10.2 Å². The van der Waals surface area contributed by atoms with E-state index in [1.165, 1.54) is 12.0 Å². The maximum Gasteiger partial charge on any atom is 0.0320 e. The van der Waals surface area contributed by atoms with Crippen LogP contribution in [0.5, 0.6) is 0 Å². The molecule has 1 aromatic carbocycles. The van der Waals surface area contributed by atoms with Crippen LogP contribution in [0.3, 0.4) is 0 Å². The van der Waals surface area contributed by atoms with Gasteiger partial charge in [-0.25, -0.2) is 0 Å². The summed E-state index contributed by atoms with van der Waals surface area (Å²) in [7, 11) is 4.30. The van der Waals surface area contributed by atoms with E-state index in [0.717, 1.165) is 18.9 Å². The third kappa shape index (κ3) is 6.22. The lowest BCUT2D eigenvalue weighted by Gasteiger charge is -2.29. The second-order valence-corrected chi connectivity index (χ2v) is 6.13. The Morgan fingerprint density at radius 3 is 2.21 bits per heavy atom. The molecule has 0 saturated heterocycles. The molecule has 0 aliphatic rings. The van der Waals surface area contributed by atoms with Gasteiger partial charge in [0.05, 0.1) is 0 Å². The summed E-state index contributed by atoms with van der Waals surface area (Å²) in [5.74, 6) is 0.728. The summed E-state index contributed by atoms with van der Waals surface area (Å²) in [6.07, 6.45) is 2.35. The van der Waals surface area contributed by atoms with Gasteiger partial charge >= 0.3 is 0 Å². The summed E-state index contributed by atoms with van der Waals surface area (Å²) >= 11 is 0. The molecular weight excluding hydrogens is 232 g/mol. The van der Waals surface area contributed by atoms with Crippen LogP contribution in [0, 0.1) is 5.92 Å². The molecule has 0 amide bonds. The molecule has 0 aliphatic carbocycles. The molecule has 0 aromatic heterocycles. The first-order chi connectivity index (χ1) is 9.02. The number of hydrogen-bond donors (Lipinski definition) is 1. The first-order valence-corrected chi connectivity index (χ1v) is 7.48. The normalized spacial score (nSPS) is 14.9. The topological polar surface area (TPSA) is 15.3 Å². The number of rotatable bonds is 8. The fourth-order valence-corrected chi connectivity index (χ4v) is 2.62. The molecular formula is C17H30N2. The van der Waals surface area contributed by atoms with Gasteiger partial charge in [0.15, 0.2) is 0 Å². The zero-order valence-electron chi connectivity index (χ0n) is 13.2. The number of nitrogens with zero attached hydrogens (tertiary/aromatic N) is 1. The van der Waals surface area contributed by atoms with Crippen LogP contribution >= 0.6 is 0 Å². The molecule has 0 saturated carbocycles. The highest BCUT2D eigenvalue weighted by atomic mass is 15.1. The fraction of sp³-hybridized carbons (Fsp3) is 0.647. The van der Waals surface area contributed by atoms with Gasteiger partial charge < -0.3 is 10.2 Å². The molecule has 0 radical (unpaired) electrons. The first-order valence-electron chi connectivity index (χ1n) is 7.48. The van der Waals surface area contributed by atoms with E-state index < -0.39 is 0 Å². The van der Waals surface area contributed by atoms with Crippen molar-refractivity contribution in [3.8, 4) is 0 Å². The van der Waals surface area contributed by atoms with Crippen molar-refractivity contribution in [2.75, 3.05) is 20.6 Å². The molecule has 108 valence electrons. The largest absolute Gasteiger partial charge is 0.308 e. The van der Waals surface area contributed by atoms with Gasteiger partial charge in [0.1, 0.15) is 0 Å². The Morgan fingerprint density at radius 2 is 1.74 bits per heavy atom. The van der Waals surface area contributed by atoms with Crippen LogP contribution in [0.4, 0.5) is 0 Å². The molecule has 2 nitrogen and oxygen atoms in total. The van der Waals surface area contributed by atoms with Gasteiger partial charge in [-0.15, -0.1) is 0 Å². The van der Waals surface area contributed by atoms with Crippen LogP contribution in [0.15, 0.2) is 30.3 Å². The first kappa shape index (κ1) is 16.2. The van der Waals surface area contributed by atoms with E-state index in [0.29, 0.717) is 12.1 Å². The Hall–Kier alpha value is -0.860. The highest BCUT2D eigenvalue weighted by Crippen LogP contribution is 2.18. The van der Waals surface area contributed by atoms with E-state index in [1.54, 1.807) is 0 Å². The third-order valence-electron chi connectivity index (χ3n) is 3.39. The molecule has 19 heavy (non-hydrogen) atoms. The van der Waals surface area contributed by atoms with E-state index in [1.807, 2.05) is 0 Å². The Balaban J connectivity index is 2.69. The Kier molecular flexibility index (Phi) is 7.11. The maximum atomic E-state index is 3.84. The van der Waals surface area contributed by atoms with Gasteiger partial charge in [-0.05, 0) is 38.4 Å². The smallest absolute Gasteiger partial charge is 0.0320 e. The summed E-state index contributed by atoms with van der Waals surface area (Å²) in [5.41, 5.74) is 1.40. The van der Waals surface area contributed by atoms with Crippen LogP contribution in [0.1, 0.15) is 45.2 Å². The second kappa shape index (κ2) is 8.34. The predicted molar refractivity (Wildman–Crippen MR) is 84.4 cm³/mol. The lowest BCUT2D eigenvalue weighted by atomic mass is 9.99. The zero-order chi connectivity index (χ0) is 14.3. The minimum atomic E-state index is 0.463. The minimum Gasteiger partial charge on any atom is -0.308 e. The highest BCUT2D eigenvalue weighted by Gasteiger charge is 2.17. The van der Waals surface area contributed by atoms with E-state index in [2.05, 4.69) is 75.4 Å². The summed E-state index contributed by atoms with van der Waals surface area (Å²) < 4.78 is 0. The van der Waals surface area contributed by atoms with Crippen molar-refractivity contribution in [2.24, 2.45) is 5.92 Å². The van der Waals surface area contributed by atoms with Crippen molar-refractivity contribution >= 4 is 0 Å². The van der Waals surface area contributed by atoms with Gasteiger partial charge in [0.2, 0.25) is 0 Å². The molecule has 0 spiro atoms. The molecule has 0 aliphatic heterocycles. The van der Waals surface area contributed by atoms with Crippen LogP contribution in [0.2, 0.25) is 0 Å². The second-order valence-electron chi connectivity index (χ2n) is 6.13. The van der Waals surface area contributed by atoms with Crippen LogP contribution in [-0.2, 0) is 0 Å². The van der Waals surface area contributed by atoms with E-state index in [-0.39, 0.29) is 0 Å². The highest BCUT2D eigenvalue weighted by molar-refractivity contribution is 5.18. The molecule has 1 aromatic rings. The van der Waals surface area contributed by atoms with E-state index in [4.69, 9.17) is 0 Å². The van der Waals surface area contributed by atoms with Gasteiger partial charge in [0.25, 0.3) is 0 Å². The van der Waals surface area contributed by atoms with Crippen molar-refractivity contribution in [1.29, 1.82) is 0 Å². The van der Waals surface area contributed by atoms with Crippen molar-refractivity contribution < 1.29 is 0 Å². The SMILES string of the molecule is CCC(NC(CC(C)C)CN(C)C)c1ccccc1. The molecule has 1 rings (SSSR count). The molecule has 1 N–H and O–H groups in total. The van der Waals surface area contributed by atoms with Crippen molar-refractivity contribution in [2.45, 2.75) is 45.7 Å². The molecule has 0 fully saturated rings. The fourth-order valence-electron chi connectivity index (χ4n) is 2.62. The monoisotopic (exact) mass is 262 g/mol. The standard InChI is InChI=1S/C17H30N2/c1-6-17(15-10-8-7-9-11-15)18-16(12-14(2)3)13-19(4)5/h7-11,14,16-18H,6,12-13H2,1-5H3.